The Labute approximate surface area is 206 Å². The first-order valence-electron chi connectivity index (χ1n) is 12.3. The minimum Gasteiger partial charge on any atom is -0.395 e. The monoisotopic (exact) mass is 502 g/mol. The average molecular weight is 503 g/mol. The fourth-order valence-electron chi connectivity index (χ4n) is 4.67. The van der Waals surface area contributed by atoms with Crippen molar-refractivity contribution in [3.63, 3.8) is 0 Å². The van der Waals surface area contributed by atoms with Gasteiger partial charge in [0, 0.05) is 25.8 Å². The van der Waals surface area contributed by atoms with E-state index in [2.05, 4.69) is 30.2 Å². The van der Waals surface area contributed by atoms with Gasteiger partial charge in [-0.25, -0.2) is 13.4 Å². The molecule has 0 atom stereocenters. The molecule has 0 spiro atoms. The quantitative estimate of drug-likeness (QED) is 0.501. The summed E-state index contributed by atoms with van der Waals surface area (Å²) in [5.41, 5.74) is 1.49. The van der Waals surface area contributed by atoms with Gasteiger partial charge in [-0.15, -0.1) is 0 Å². The summed E-state index contributed by atoms with van der Waals surface area (Å²) >= 11 is 0. The lowest BCUT2D eigenvalue weighted by molar-refractivity contribution is 0.102. The maximum Gasteiger partial charge on any atom is 0.258 e. The van der Waals surface area contributed by atoms with Crippen molar-refractivity contribution in [1.82, 2.24) is 9.97 Å². The Morgan fingerprint density at radius 2 is 1.89 bits per heavy atom. The summed E-state index contributed by atoms with van der Waals surface area (Å²) in [7, 11) is -3.68. The summed E-state index contributed by atoms with van der Waals surface area (Å²) in [4.78, 5) is 24.1. The van der Waals surface area contributed by atoms with Crippen LogP contribution in [0.3, 0.4) is 0 Å². The topological polar surface area (TPSA) is 137 Å². The van der Waals surface area contributed by atoms with Gasteiger partial charge in [0.05, 0.1) is 29.3 Å². The number of anilines is 4. The zero-order valence-corrected chi connectivity index (χ0v) is 20.7. The number of benzene rings is 1. The van der Waals surface area contributed by atoms with Crippen molar-refractivity contribution < 1.29 is 18.3 Å². The van der Waals surface area contributed by atoms with Crippen LogP contribution < -0.4 is 20.3 Å². The van der Waals surface area contributed by atoms with Crippen molar-refractivity contribution in [3.05, 3.63) is 36.0 Å². The van der Waals surface area contributed by atoms with E-state index in [0.29, 0.717) is 34.6 Å². The van der Waals surface area contributed by atoms with Gasteiger partial charge >= 0.3 is 0 Å². The highest BCUT2D eigenvalue weighted by atomic mass is 32.2. The van der Waals surface area contributed by atoms with Gasteiger partial charge in [-0.05, 0) is 49.4 Å². The number of aromatic nitrogens is 2. The second-order valence-electron chi connectivity index (χ2n) is 9.16. The van der Waals surface area contributed by atoms with Crippen molar-refractivity contribution in [3.8, 4) is 0 Å². The number of rotatable bonds is 4. The van der Waals surface area contributed by atoms with Crippen LogP contribution in [0.1, 0.15) is 55.3 Å². The van der Waals surface area contributed by atoms with Gasteiger partial charge in [0.2, 0.25) is 16.0 Å². The summed E-state index contributed by atoms with van der Waals surface area (Å²) in [5, 5.41) is 15.1. The van der Waals surface area contributed by atoms with E-state index in [1.807, 2.05) is 0 Å². The molecule has 35 heavy (non-hydrogen) atoms. The van der Waals surface area contributed by atoms with Gasteiger partial charge < -0.3 is 20.6 Å². The summed E-state index contributed by atoms with van der Waals surface area (Å²) in [6, 6.07) is 6.55. The van der Waals surface area contributed by atoms with Crippen LogP contribution in [0, 0.1) is 5.92 Å². The molecule has 4 N–H and O–H groups in total. The molecule has 0 radical (unpaired) electrons. The molecule has 10 nitrogen and oxygen atoms in total. The Morgan fingerprint density at radius 1 is 1.09 bits per heavy atom. The highest BCUT2D eigenvalue weighted by Crippen LogP contribution is 2.32. The lowest BCUT2D eigenvalue weighted by atomic mass is 9.90. The normalized spacial score (nSPS) is 18.1. The zero-order chi connectivity index (χ0) is 24.7. The molecule has 1 aromatic heterocycles. The number of sulfonamides is 1. The Bertz CT molecular complexity index is 1120. The molecule has 4 heterocycles. The number of carbonyl (C=O) groups excluding carboxylic acids is 1. The van der Waals surface area contributed by atoms with E-state index in [4.69, 9.17) is 5.11 Å². The highest BCUT2D eigenvalue weighted by Gasteiger charge is 2.24. The second-order valence-corrected chi connectivity index (χ2v) is 11.0. The molecule has 190 valence electrons. The largest absolute Gasteiger partial charge is 0.395 e. The van der Waals surface area contributed by atoms with E-state index in [1.54, 1.807) is 30.5 Å². The van der Waals surface area contributed by atoms with Crippen molar-refractivity contribution in [2.24, 2.45) is 5.92 Å². The van der Waals surface area contributed by atoms with Crippen molar-refractivity contribution in [2.75, 3.05) is 52.2 Å². The number of carbonyl (C=O) groups is 1. The van der Waals surface area contributed by atoms with Gasteiger partial charge in [-0.2, -0.15) is 4.98 Å². The van der Waals surface area contributed by atoms with Crippen LogP contribution in [0.25, 0.3) is 0 Å². The molecule has 3 aliphatic rings. The molecule has 4 bridgehead atoms. The number of amides is 1. The fraction of sp³-hybridized carbons (Fsp3) is 0.542. The van der Waals surface area contributed by atoms with Crippen LogP contribution in [0.15, 0.2) is 30.5 Å². The smallest absolute Gasteiger partial charge is 0.258 e. The molecule has 5 rings (SSSR count). The maximum absolute atomic E-state index is 13.3. The second kappa shape index (κ2) is 11.7. The van der Waals surface area contributed by atoms with Gasteiger partial charge in [0.1, 0.15) is 5.82 Å². The summed E-state index contributed by atoms with van der Waals surface area (Å²) in [6.07, 6.45) is 9.53. The Morgan fingerprint density at radius 3 is 2.69 bits per heavy atom. The summed E-state index contributed by atoms with van der Waals surface area (Å²) in [5.74, 6) is 0.823. The van der Waals surface area contributed by atoms with E-state index >= 15 is 0 Å². The van der Waals surface area contributed by atoms with Crippen LogP contribution >= 0.6 is 0 Å². The molecule has 0 aliphatic carbocycles. The predicted octanol–water partition coefficient (Wildman–Crippen LogP) is 3.06. The standard InChI is InChI=1S/C24H34N6O4S/c31-15-16-35(33,34)29-19-6-7-20-21(17-19)30-13-9-18(10-14-30)5-3-1-2-4-11-25-24-26-12-8-22(28-24)27-23(20)32/h6-8,12,17-18,29,31H,1-5,9-11,13-16H2,(H2,25,26,27,28,32). The summed E-state index contributed by atoms with van der Waals surface area (Å²) in [6.45, 7) is 1.93. The molecule has 3 aliphatic heterocycles. The molecular weight excluding hydrogens is 468 g/mol. The Kier molecular flexibility index (Phi) is 8.40. The van der Waals surface area contributed by atoms with E-state index in [9.17, 15) is 13.2 Å². The first-order valence-corrected chi connectivity index (χ1v) is 14.0. The Balaban J connectivity index is 1.64. The van der Waals surface area contributed by atoms with E-state index < -0.39 is 16.6 Å². The van der Waals surface area contributed by atoms with Gasteiger partial charge in [0.15, 0.2) is 0 Å². The lowest BCUT2D eigenvalue weighted by Crippen LogP contribution is -2.35. The fourth-order valence-corrected chi connectivity index (χ4v) is 5.50. The van der Waals surface area contributed by atoms with Gasteiger partial charge in [-0.3, -0.25) is 9.52 Å². The molecular formula is C24H34N6O4S. The molecule has 1 saturated heterocycles. The highest BCUT2D eigenvalue weighted by molar-refractivity contribution is 7.92. The maximum atomic E-state index is 13.3. The number of piperidine rings is 1. The number of nitrogens with one attached hydrogen (secondary N) is 3. The molecule has 11 heteroatoms. The van der Waals surface area contributed by atoms with Crippen LogP contribution in [-0.2, 0) is 10.0 Å². The zero-order valence-electron chi connectivity index (χ0n) is 19.9. The van der Waals surface area contributed by atoms with Gasteiger partial charge in [0.25, 0.3) is 5.91 Å². The van der Waals surface area contributed by atoms with E-state index in [-0.39, 0.29) is 11.7 Å². The predicted molar refractivity (Wildman–Crippen MR) is 137 cm³/mol. The number of nitrogens with zero attached hydrogens (tertiary/aromatic N) is 3. The van der Waals surface area contributed by atoms with Gasteiger partial charge in [-0.1, -0.05) is 25.7 Å². The number of aliphatic hydroxyl groups excluding tert-OH is 1. The molecule has 1 aromatic carbocycles. The molecule has 2 aromatic rings. The van der Waals surface area contributed by atoms with Crippen molar-refractivity contribution in [1.29, 1.82) is 0 Å². The van der Waals surface area contributed by atoms with Crippen LogP contribution in [0.2, 0.25) is 0 Å². The molecule has 0 saturated carbocycles. The number of fused-ring (bicyclic) bond motifs is 9. The molecule has 0 unspecified atom stereocenters. The summed E-state index contributed by atoms with van der Waals surface area (Å²) < 4.78 is 26.9. The lowest BCUT2D eigenvalue weighted by Gasteiger charge is -2.35. The minimum atomic E-state index is -3.68. The number of aliphatic hydroxyl groups is 1. The van der Waals surface area contributed by atoms with Crippen LogP contribution in [0.4, 0.5) is 23.1 Å². The first kappa shape index (κ1) is 25.2. The SMILES string of the molecule is O=C1Nc2ccnc(n2)NCCCCCCC2CCN(CC2)c2cc(NS(=O)(=O)CCO)ccc21. The third-order valence-corrected chi connectivity index (χ3v) is 7.82. The molecule has 1 fully saturated rings. The van der Waals surface area contributed by atoms with Crippen LogP contribution in [0.5, 0.6) is 0 Å². The van der Waals surface area contributed by atoms with E-state index in [1.165, 1.54) is 19.3 Å². The first-order chi connectivity index (χ1) is 16.9. The third-order valence-electron chi connectivity index (χ3n) is 6.55. The number of hydrogen-bond acceptors (Lipinski definition) is 8. The van der Waals surface area contributed by atoms with Crippen molar-refractivity contribution >= 4 is 39.1 Å². The minimum absolute atomic E-state index is 0.322. The third kappa shape index (κ3) is 7.04. The molecule has 1 amide bonds. The average Bonchev–Trinajstić information content (AvgIpc) is 2.83. The number of hydrogen-bond donors (Lipinski definition) is 4. The Hall–Kier alpha value is -2.92. The van der Waals surface area contributed by atoms with Crippen molar-refractivity contribution in [2.45, 2.75) is 44.9 Å². The van der Waals surface area contributed by atoms with Crippen LogP contribution in [-0.4, -0.2) is 61.4 Å². The van der Waals surface area contributed by atoms with E-state index in [0.717, 1.165) is 45.3 Å².